The number of nitrogens with one attached hydrogen (secondary N) is 1. The van der Waals surface area contributed by atoms with Crippen molar-refractivity contribution in [2.24, 2.45) is 5.73 Å². The van der Waals surface area contributed by atoms with Gasteiger partial charge in [-0.25, -0.2) is 0 Å². The van der Waals surface area contributed by atoms with Crippen molar-refractivity contribution in [3.05, 3.63) is 48.3 Å². The highest BCUT2D eigenvalue weighted by Gasteiger charge is 2.10. The molecule has 0 bridgehead atoms. The van der Waals surface area contributed by atoms with Gasteiger partial charge in [0.1, 0.15) is 0 Å². The van der Waals surface area contributed by atoms with Gasteiger partial charge in [-0.2, -0.15) is 0 Å². The smallest absolute Gasteiger partial charge is 0.225 e. The zero-order valence-electron chi connectivity index (χ0n) is 11.8. The number of anilines is 1. The average Bonchev–Trinajstić information content (AvgIpc) is 2.39. The number of hydrogen-bond donors (Lipinski definition) is 2. The van der Waals surface area contributed by atoms with Crippen LogP contribution in [0.3, 0.4) is 0 Å². The first-order chi connectivity index (χ1) is 9.56. The standard InChI is InChI=1S/C16H19N3O/c1-11-5-6-14(13-4-3-7-18-10-13)15(8-11)19-16(20)9-12(2)17/h3-8,10,12H,9,17H2,1-2H3,(H,19,20). The lowest BCUT2D eigenvalue weighted by Crippen LogP contribution is -2.24. The number of carbonyl (C=O) groups is 1. The normalized spacial score (nSPS) is 11.9. The number of nitrogens with two attached hydrogens (primary N) is 1. The molecule has 0 aliphatic heterocycles. The van der Waals surface area contributed by atoms with Crippen LogP contribution < -0.4 is 11.1 Å². The van der Waals surface area contributed by atoms with Crippen molar-refractivity contribution in [2.45, 2.75) is 26.3 Å². The van der Waals surface area contributed by atoms with Gasteiger partial charge in [0.15, 0.2) is 0 Å². The fourth-order valence-electron chi connectivity index (χ4n) is 2.03. The maximum Gasteiger partial charge on any atom is 0.225 e. The molecular weight excluding hydrogens is 250 g/mol. The number of aryl methyl sites for hydroxylation is 1. The number of rotatable bonds is 4. The Bertz CT molecular complexity index is 594. The van der Waals surface area contributed by atoms with Gasteiger partial charge < -0.3 is 11.1 Å². The molecule has 0 fully saturated rings. The summed E-state index contributed by atoms with van der Waals surface area (Å²) in [5.41, 5.74) is 9.48. The SMILES string of the molecule is Cc1ccc(-c2cccnc2)c(NC(=O)CC(C)N)c1. The van der Waals surface area contributed by atoms with E-state index in [1.165, 1.54) is 0 Å². The summed E-state index contributed by atoms with van der Waals surface area (Å²) in [6, 6.07) is 9.67. The Balaban J connectivity index is 2.32. The van der Waals surface area contributed by atoms with Gasteiger partial charge in [-0.3, -0.25) is 9.78 Å². The number of benzene rings is 1. The van der Waals surface area contributed by atoms with Crippen LogP contribution in [0.15, 0.2) is 42.7 Å². The molecule has 0 saturated heterocycles. The molecule has 0 radical (unpaired) electrons. The van der Waals surface area contributed by atoms with Crippen molar-refractivity contribution in [3.63, 3.8) is 0 Å². The van der Waals surface area contributed by atoms with Crippen molar-refractivity contribution < 1.29 is 4.79 Å². The second-order valence-electron chi connectivity index (χ2n) is 5.02. The molecule has 1 atom stereocenters. The van der Waals surface area contributed by atoms with Crippen LogP contribution in [-0.4, -0.2) is 16.9 Å². The lowest BCUT2D eigenvalue weighted by Gasteiger charge is -2.13. The van der Waals surface area contributed by atoms with Gasteiger partial charge in [0.2, 0.25) is 5.91 Å². The molecule has 0 aliphatic carbocycles. The molecule has 0 saturated carbocycles. The van der Waals surface area contributed by atoms with Crippen LogP contribution in [0, 0.1) is 6.92 Å². The first-order valence-electron chi connectivity index (χ1n) is 6.63. The van der Waals surface area contributed by atoms with Crippen molar-refractivity contribution >= 4 is 11.6 Å². The second-order valence-corrected chi connectivity index (χ2v) is 5.02. The monoisotopic (exact) mass is 269 g/mol. The van der Waals surface area contributed by atoms with E-state index >= 15 is 0 Å². The number of carbonyl (C=O) groups excluding carboxylic acids is 1. The van der Waals surface area contributed by atoms with Crippen molar-refractivity contribution in [3.8, 4) is 11.1 Å². The van der Waals surface area contributed by atoms with E-state index in [0.717, 1.165) is 22.4 Å². The van der Waals surface area contributed by atoms with Gasteiger partial charge in [-0.05, 0) is 31.5 Å². The summed E-state index contributed by atoms with van der Waals surface area (Å²) in [7, 11) is 0. The maximum atomic E-state index is 11.9. The van der Waals surface area contributed by atoms with E-state index < -0.39 is 0 Å². The molecule has 4 heteroatoms. The number of nitrogens with zero attached hydrogens (tertiary/aromatic N) is 1. The topological polar surface area (TPSA) is 68.0 Å². The number of pyridine rings is 1. The first kappa shape index (κ1) is 14.2. The lowest BCUT2D eigenvalue weighted by atomic mass is 10.0. The number of amides is 1. The fourth-order valence-corrected chi connectivity index (χ4v) is 2.03. The number of hydrogen-bond acceptors (Lipinski definition) is 3. The van der Waals surface area contributed by atoms with Crippen LogP contribution in [0.1, 0.15) is 18.9 Å². The van der Waals surface area contributed by atoms with Gasteiger partial charge in [0.25, 0.3) is 0 Å². The fraction of sp³-hybridized carbons (Fsp3) is 0.250. The van der Waals surface area contributed by atoms with E-state index in [9.17, 15) is 4.79 Å². The molecule has 0 aliphatic rings. The third kappa shape index (κ3) is 3.65. The van der Waals surface area contributed by atoms with E-state index in [-0.39, 0.29) is 11.9 Å². The average molecular weight is 269 g/mol. The summed E-state index contributed by atoms with van der Waals surface area (Å²) in [5, 5.41) is 2.93. The van der Waals surface area contributed by atoms with Gasteiger partial charge >= 0.3 is 0 Å². The summed E-state index contributed by atoms with van der Waals surface area (Å²) in [5.74, 6) is -0.0734. The Morgan fingerprint density at radius 3 is 2.85 bits per heavy atom. The van der Waals surface area contributed by atoms with Gasteiger partial charge in [0.05, 0.1) is 0 Å². The Labute approximate surface area is 119 Å². The van der Waals surface area contributed by atoms with Crippen LogP contribution in [0.25, 0.3) is 11.1 Å². The summed E-state index contributed by atoms with van der Waals surface area (Å²) >= 11 is 0. The van der Waals surface area contributed by atoms with E-state index in [2.05, 4.69) is 10.3 Å². The molecule has 20 heavy (non-hydrogen) atoms. The van der Waals surface area contributed by atoms with Crippen LogP contribution in [0.5, 0.6) is 0 Å². The molecule has 4 nitrogen and oxygen atoms in total. The Kier molecular flexibility index (Phi) is 4.48. The zero-order valence-corrected chi connectivity index (χ0v) is 11.8. The second kappa shape index (κ2) is 6.30. The van der Waals surface area contributed by atoms with Crippen LogP contribution in [0.4, 0.5) is 5.69 Å². The zero-order chi connectivity index (χ0) is 14.5. The molecule has 2 rings (SSSR count). The molecule has 1 aromatic heterocycles. The van der Waals surface area contributed by atoms with Crippen molar-refractivity contribution in [1.82, 2.24) is 4.98 Å². The van der Waals surface area contributed by atoms with E-state index in [4.69, 9.17) is 5.73 Å². The first-order valence-corrected chi connectivity index (χ1v) is 6.63. The lowest BCUT2D eigenvalue weighted by molar-refractivity contribution is -0.116. The van der Waals surface area contributed by atoms with Crippen molar-refractivity contribution in [2.75, 3.05) is 5.32 Å². The molecule has 104 valence electrons. The molecule has 1 amide bonds. The molecule has 3 N–H and O–H groups in total. The summed E-state index contributed by atoms with van der Waals surface area (Å²) in [4.78, 5) is 16.0. The minimum Gasteiger partial charge on any atom is -0.327 e. The molecule has 0 spiro atoms. The summed E-state index contributed by atoms with van der Waals surface area (Å²) in [6.07, 6.45) is 3.82. The highest BCUT2D eigenvalue weighted by Crippen LogP contribution is 2.28. The maximum absolute atomic E-state index is 11.9. The van der Waals surface area contributed by atoms with Crippen LogP contribution in [-0.2, 0) is 4.79 Å². The molecular formula is C16H19N3O. The van der Waals surface area contributed by atoms with Gasteiger partial charge in [-0.1, -0.05) is 18.2 Å². The largest absolute Gasteiger partial charge is 0.327 e. The Morgan fingerprint density at radius 2 is 2.20 bits per heavy atom. The molecule has 2 aromatic rings. The highest BCUT2D eigenvalue weighted by molar-refractivity contribution is 5.95. The van der Waals surface area contributed by atoms with Crippen LogP contribution >= 0.6 is 0 Å². The minimum atomic E-state index is -0.151. The van der Waals surface area contributed by atoms with Gasteiger partial charge in [0, 0.05) is 41.7 Å². The van der Waals surface area contributed by atoms with Gasteiger partial charge in [-0.15, -0.1) is 0 Å². The quantitative estimate of drug-likeness (QED) is 0.896. The van der Waals surface area contributed by atoms with E-state index in [1.807, 2.05) is 44.2 Å². The third-order valence-corrected chi connectivity index (χ3v) is 2.93. The summed E-state index contributed by atoms with van der Waals surface area (Å²) < 4.78 is 0. The minimum absolute atomic E-state index is 0.0734. The molecule has 1 heterocycles. The van der Waals surface area contributed by atoms with Crippen LogP contribution in [0.2, 0.25) is 0 Å². The number of aromatic nitrogens is 1. The predicted molar refractivity (Wildman–Crippen MR) is 81.3 cm³/mol. The summed E-state index contributed by atoms with van der Waals surface area (Å²) in [6.45, 7) is 3.81. The predicted octanol–water partition coefficient (Wildman–Crippen LogP) is 2.73. The van der Waals surface area contributed by atoms with Crippen molar-refractivity contribution in [1.29, 1.82) is 0 Å². The Hall–Kier alpha value is -2.20. The highest BCUT2D eigenvalue weighted by atomic mass is 16.1. The Morgan fingerprint density at radius 1 is 1.40 bits per heavy atom. The van der Waals surface area contributed by atoms with E-state index in [0.29, 0.717) is 6.42 Å². The van der Waals surface area contributed by atoms with E-state index in [1.54, 1.807) is 12.4 Å². The molecule has 1 unspecified atom stereocenters. The molecule has 1 aromatic carbocycles. The third-order valence-electron chi connectivity index (χ3n) is 2.93.